The van der Waals surface area contributed by atoms with E-state index >= 15 is 0 Å². The van der Waals surface area contributed by atoms with Crippen molar-refractivity contribution in [2.45, 2.75) is 26.3 Å². The second kappa shape index (κ2) is 8.64. The fourth-order valence-electron chi connectivity index (χ4n) is 3.14. The SMILES string of the molecule is CCN(C(=O)C(=O)N(CCOC)C1CCS(=O)(=O)C1)c1cccc(C)c1. The standard InChI is InChI=1S/C18H26N2O5S/c1-4-19(15-7-5-6-14(2)12-15)17(21)18(22)20(9-10-25-3)16-8-11-26(23,24)13-16/h5-7,12,16H,4,8-11,13H2,1-3H3. The molecule has 26 heavy (non-hydrogen) atoms. The zero-order valence-corrected chi connectivity index (χ0v) is 16.3. The first-order valence-corrected chi connectivity index (χ1v) is 10.5. The number of ether oxygens (including phenoxy) is 1. The third-order valence-electron chi connectivity index (χ3n) is 4.50. The molecule has 0 aromatic heterocycles. The average molecular weight is 382 g/mol. The van der Waals surface area contributed by atoms with Crippen LogP contribution in [0.25, 0.3) is 0 Å². The summed E-state index contributed by atoms with van der Waals surface area (Å²) >= 11 is 0. The van der Waals surface area contributed by atoms with Gasteiger partial charge in [0.1, 0.15) is 0 Å². The Bertz CT molecular complexity index is 763. The Balaban J connectivity index is 2.23. The van der Waals surface area contributed by atoms with Gasteiger partial charge in [-0.15, -0.1) is 0 Å². The second-order valence-corrected chi connectivity index (χ2v) is 8.67. The Morgan fingerprint density at radius 3 is 2.54 bits per heavy atom. The molecule has 1 saturated heterocycles. The minimum Gasteiger partial charge on any atom is -0.383 e. The molecule has 1 aromatic rings. The number of benzene rings is 1. The van der Waals surface area contributed by atoms with Crippen LogP contribution < -0.4 is 4.90 Å². The lowest BCUT2D eigenvalue weighted by atomic mass is 10.2. The van der Waals surface area contributed by atoms with Gasteiger partial charge in [-0.1, -0.05) is 12.1 Å². The van der Waals surface area contributed by atoms with E-state index < -0.39 is 27.7 Å². The van der Waals surface area contributed by atoms with E-state index in [0.717, 1.165) is 5.56 Å². The summed E-state index contributed by atoms with van der Waals surface area (Å²) in [6.45, 7) is 4.48. The van der Waals surface area contributed by atoms with Crippen molar-refractivity contribution < 1.29 is 22.7 Å². The van der Waals surface area contributed by atoms with Gasteiger partial charge < -0.3 is 14.5 Å². The third-order valence-corrected chi connectivity index (χ3v) is 6.25. The van der Waals surface area contributed by atoms with Gasteiger partial charge in [-0.2, -0.15) is 0 Å². The van der Waals surface area contributed by atoms with Gasteiger partial charge in [0.15, 0.2) is 9.84 Å². The van der Waals surface area contributed by atoms with Crippen LogP contribution in [0.5, 0.6) is 0 Å². The molecular weight excluding hydrogens is 356 g/mol. The van der Waals surface area contributed by atoms with Gasteiger partial charge in [0, 0.05) is 31.9 Å². The van der Waals surface area contributed by atoms with Crippen LogP contribution in [-0.4, -0.2) is 69.5 Å². The number of hydrogen-bond donors (Lipinski definition) is 0. The highest BCUT2D eigenvalue weighted by molar-refractivity contribution is 7.91. The summed E-state index contributed by atoms with van der Waals surface area (Å²) in [4.78, 5) is 28.5. The Morgan fingerprint density at radius 2 is 2.00 bits per heavy atom. The molecule has 7 nitrogen and oxygen atoms in total. The molecule has 2 rings (SSSR count). The number of methoxy groups -OCH3 is 1. The molecule has 144 valence electrons. The lowest BCUT2D eigenvalue weighted by Crippen LogP contribution is -2.51. The molecule has 1 atom stereocenters. The van der Waals surface area contributed by atoms with E-state index in [9.17, 15) is 18.0 Å². The van der Waals surface area contributed by atoms with Gasteiger partial charge in [0.25, 0.3) is 0 Å². The summed E-state index contributed by atoms with van der Waals surface area (Å²) in [7, 11) is -1.67. The number of amides is 2. The fraction of sp³-hybridized carbons (Fsp3) is 0.556. The van der Waals surface area contributed by atoms with Crippen molar-refractivity contribution in [2.75, 3.05) is 43.2 Å². The van der Waals surface area contributed by atoms with E-state index in [0.29, 0.717) is 18.7 Å². The van der Waals surface area contributed by atoms with Gasteiger partial charge in [-0.25, -0.2) is 8.42 Å². The number of likely N-dealkylation sites (N-methyl/N-ethyl adjacent to an activating group) is 1. The Hall–Kier alpha value is -1.93. The summed E-state index contributed by atoms with van der Waals surface area (Å²) in [5.74, 6) is -1.41. The van der Waals surface area contributed by atoms with Gasteiger partial charge in [-0.3, -0.25) is 9.59 Å². The van der Waals surface area contributed by atoms with Crippen molar-refractivity contribution in [3.05, 3.63) is 29.8 Å². The monoisotopic (exact) mass is 382 g/mol. The molecule has 2 amide bonds. The smallest absolute Gasteiger partial charge is 0.316 e. The second-order valence-electron chi connectivity index (χ2n) is 6.44. The summed E-state index contributed by atoms with van der Waals surface area (Å²) in [6, 6.07) is 6.88. The van der Waals surface area contributed by atoms with Crippen molar-refractivity contribution in [2.24, 2.45) is 0 Å². The predicted octanol–water partition coefficient (Wildman–Crippen LogP) is 1.01. The van der Waals surface area contributed by atoms with Crippen molar-refractivity contribution in [1.29, 1.82) is 0 Å². The fourth-order valence-corrected chi connectivity index (χ4v) is 4.87. The topological polar surface area (TPSA) is 84.0 Å². The van der Waals surface area contributed by atoms with E-state index in [2.05, 4.69) is 0 Å². The first-order valence-electron chi connectivity index (χ1n) is 8.67. The van der Waals surface area contributed by atoms with Crippen molar-refractivity contribution in [3.8, 4) is 0 Å². The number of carbonyl (C=O) groups is 2. The molecule has 8 heteroatoms. The van der Waals surface area contributed by atoms with Crippen LogP contribution in [-0.2, 0) is 24.2 Å². The molecule has 1 fully saturated rings. The van der Waals surface area contributed by atoms with E-state index in [1.807, 2.05) is 25.1 Å². The molecule has 0 aliphatic carbocycles. The van der Waals surface area contributed by atoms with E-state index in [1.165, 1.54) is 16.9 Å². The quantitative estimate of drug-likeness (QED) is 0.686. The van der Waals surface area contributed by atoms with E-state index in [-0.39, 0.29) is 24.7 Å². The highest BCUT2D eigenvalue weighted by Gasteiger charge is 2.37. The van der Waals surface area contributed by atoms with Crippen LogP contribution in [0.2, 0.25) is 0 Å². The number of carbonyl (C=O) groups excluding carboxylic acids is 2. The first kappa shape index (κ1) is 20.4. The number of anilines is 1. The number of aryl methyl sites for hydroxylation is 1. The van der Waals surface area contributed by atoms with Gasteiger partial charge in [0.2, 0.25) is 0 Å². The Morgan fingerprint density at radius 1 is 1.27 bits per heavy atom. The third kappa shape index (κ3) is 4.82. The predicted molar refractivity (Wildman–Crippen MR) is 99.9 cm³/mol. The summed E-state index contributed by atoms with van der Waals surface area (Å²) in [5, 5.41) is 0. The number of rotatable bonds is 6. The highest BCUT2D eigenvalue weighted by atomic mass is 32.2. The molecule has 0 bridgehead atoms. The molecule has 0 radical (unpaired) electrons. The van der Waals surface area contributed by atoms with E-state index in [1.54, 1.807) is 13.0 Å². The molecular formula is C18H26N2O5S. The first-order chi connectivity index (χ1) is 12.3. The number of hydrogen-bond acceptors (Lipinski definition) is 5. The zero-order chi connectivity index (χ0) is 19.3. The molecule has 1 aliphatic rings. The van der Waals surface area contributed by atoms with Crippen LogP contribution >= 0.6 is 0 Å². The van der Waals surface area contributed by atoms with Crippen LogP contribution in [0.15, 0.2) is 24.3 Å². The average Bonchev–Trinajstić information content (AvgIpc) is 2.95. The molecule has 0 saturated carbocycles. The van der Waals surface area contributed by atoms with Gasteiger partial charge in [-0.05, 0) is 38.0 Å². The van der Waals surface area contributed by atoms with Crippen molar-refractivity contribution in [1.82, 2.24) is 4.90 Å². The minimum absolute atomic E-state index is 0.0397. The molecule has 0 spiro atoms. The largest absolute Gasteiger partial charge is 0.383 e. The maximum Gasteiger partial charge on any atom is 0.316 e. The van der Waals surface area contributed by atoms with E-state index in [4.69, 9.17) is 4.74 Å². The Kier molecular flexibility index (Phi) is 6.77. The molecule has 0 N–H and O–H groups in total. The highest BCUT2D eigenvalue weighted by Crippen LogP contribution is 2.20. The maximum absolute atomic E-state index is 12.9. The lowest BCUT2D eigenvalue weighted by molar-refractivity contribution is -0.146. The molecule has 1 heterocycles. The van der Waals surface area contributed by atoms with Crippen LogP contribution in [0, 0.1) is 6.92 Å². The summed E-state index contributed by atoms with van der Waals surface area (Å²) < 4.78 is 28.6. The van der Waals surface area contributed by atoms with Crippen LogP contribution in [0.1, 0.15) is 18.9 Å². The molecule has 1 unspecified atom stereocenters. The lowest BCUT2D eigenvalue weighted by Gasteiger charge is -2.30. The van der Waals surface area contributed by atoms with Crippen molar-refractivity contribution in [3.63, 3.8) is 0 Å². The van der Waals surface area contributed by atoms with Gasteiger partial charge in [0.05, 0.1) is 18.1 Å². The Labute approximate surface area is 154 Å². The van der Waals surface area contributed by atoms with Gasteiger partial charge >= 0.3 is 11.8 Å². The molecule has 1 aromatic carbocycles. The normalized spacial score (nSPS) is 18.5. The molecule has 1 aliphatic heterocycles. The maximum atomic E-state index is 12.9. The zero-order valence-electron chi connectivity index (χ0n) is 15.5. The van der Waals surface area contributed by atoms with Crippen LogP contribution in [0.4, 0.5) is 5.69 Å². The minimum atomic E-state index is -3.17. The summed E-state index contributed by atoms with van der Waals surface area (Å²) in [6.07, 6.45) is 0.349. The van der Waals surface area contributed by atoms with Crippen LogP contribution in [0.3, 0.4) is 0 Å². The number of nitrogens with zero attached hydrogens (tertiary/aromatic N) is 2. The number of sulfone groups is 1. The summed E-state index contributed by atoms with van der Waals surface area (Å²) in [5.41, 5.74) is 1.64. The van der Waals surface area contributed by atoms with Crippen molar-refractivity contribution >= 4 is 27.3 Å².